The number of fused-ring (bicyclic) bond motifs is 5. The largest absolute Gasteiger partial charge is 0.0877 e. The van der Waals surface area contributed by atoms with Gasteiger partial charge in [-0.15, -0.1) is 0 Å². The third-order valence-electron chi connectivity index (χ3n) is 3.04. The van der Waals surface area contributed by atoms with Crippen molar-refractivity contribution in [1.82, 2.24) is 0 Å². The highest BCUT2D eigenvalue weighted by atomic mass is 14.2. The van der Waals surface area contributed by atoms with Crippen LogP contribution in [-0.4, -0.2) is 0 Å². The van der Waals surface area contributed by atoms with Crippen molar-refractivity contribution in [2.45, 2.75) is 44.9 Å². The third-order valence-corrected chi connectivity index (χ3v) is 3.04. The van der Waals surface area contributed by atoms with E-state index in [9.17, 15) is 0 Å². The van der Waals surface area contributed by atoms with Crippen LogP contribution in [0.2, 0.25) is 0 Å². The minimum Gasteiger partial charge on any atom is -0.0877 e. The van der Waals surface area contributed by atoms with E-state index in [4.69, 9.17) is 0 Å². The molecule has 3 aliphatic carbocycles. The second kappa shape index (κ2) is 3.42. The summed E-state index contributed by atoms with van der Waals surface area (Å²) in [7, 11) is 0. The Balaban J connectivity index is 2.07. The van der Waals surface area contributed by atoms with Crippen molar-refractivity contribution in [3.8, 4) is 0 Å². The van der Waals surface area contributed by atoms with Gasteiger partial charge in [0.15, 0.2) is 0 Å². The molecule has 0 heteroatoms. The molecule has 0 nitrogen and oxygen atoms in total. The molecule has 3 aliphatic rings. The van der Waals surface area contributed by atoms with Crippen molar-refractivity contribution in [1.29, 1.82) is 0 Å². The summed E-state index contributed by atoms with van der Waals surface area (Å²) in [5.74, 6) is 2.73. The molecule has 0 saturated heterocycles. The Kier molecular flexibility index (Phi) is 2.30. The Hall–Kier alpha value is -0.260. The molecule has 11 heavy (non-hydrogen) atoms. The van der Waals surface area contributed by atoms with E-state index in [1.54, 1.807) is 5.92 Å². The van der Waals surface area contributed by atoms with E-state index >= 15 is 0 Å². The second-order valence-electron chi connectivity index (χ2n) is 3.95. The maximum Gasteiger partial charge on any atom is -0.00273 e. The summed E-state index contributed by atoms with van der Waals surface area (Å²) < 4.78 is 0. The van der Waals surface area contributed by atoms with Crippen LogP contribution in [0.3, 0.4) is 0 Å². The van der Waals surface area contributed by atoms with Gasteiger partial charge in [-0.2, -0.15) is 0 Å². The summed E-state index contributed by atoms with van der Waals surface area (Å²) >= 11 is 0. The number of rotatable bonds is 0. The lowest BCUT2D eigenvalue weighted by Gasteiger charge is -2.24. The van der Waals surface area contributed by atoms with Crippen LogP contribution in [0.25, 0.3) is 0 Å². The molecule has 0 aromatic carbocycles. The normalized spacial score (nSPS) is 30.9. The second-order valence-corrected chi connectivity index (χ2v) is 3.95. The van der Waals surface area contributed by atoms with E-state index in [1.165, 1.54) is 44.9 Å². The molecule has 0 aromatic rings. The van der Waals surface area contributed by atoms with Crippen molar-refractivity contribution >= 4 is 0 Å². The fraction of sp³-hybridized carbons (Fsp3) is 0.727. The molecule has 0 heterocycles. The van der Waals surface area contributed by atoms with Crippen molar-refractivity contribution in [2.24, 2.45) is 5.92 Å². The SMILES string of the molecule is C1=C\[C]2CCCC(C/1)CCC2. The minimum absolute atomic E-state index is 1.02. The minimum atomic E-state index is 1.02. The molecular weight excluding hydrogens is 132 g/mol. The Bertz CT molecular complexity index is 136. The molecule has 3 rings (SSSR count). The van der Waals surface area contributed by atoms with Crippen LogP contribution in [0, 0.1) is 11.8 Å². The van der Waals surface area contributed by atoms with E-state index < -0.39 is 0 Å². The first kappa shape index (κ1) is 7.39. The fourth-order valence-electron chi connectivity index (χ4n) is 2.33. The van der Waals surface area contributed by atoms with Crippen LogP contribution in [0.1, 0.15) is 44.9 Å². The average molecular weight is 149 g/mol. The zero-order valence-electron chi connectivity index (χ0n) is 7.18. The zero-order valence-corrected chi connectivity index (χ0v) is 7.18. The van der Waals surface area contributed by atoms with Crippen LogP contribution in [-0.2, 0) is 0 Å². The molecule has 2 bridgehead atoms. The first-order valence-corrected chi connectivity index (χ1v) is 4.96. The molecule has 0 unspecified atom stereocenters. The number of allylic oxidation sites excluding steroid dienone is 2. The summed E-state index contributed by atoms with van der Waals surface area (Å²) in [6, 6.07) is 0. The van der Waals surface area contributed by atoms with Gasteiger partial charge in [0, 0.05) is 0 Å². The fourth-order valence-corrected chi connectivity index (χ4v) is 2.33. The predicted molar refractivity (Wildman–Crippen MR) is 48.2 cm³/mol. The lowest BCUT2D eigenvalue weighted by atomic mass is 9.81. The molecule has 1 saturated carbocycles. The van der Waals surface area contributed by atoms with Gasteiger partial charge in [-0.1, -0.05) is 37.8 Å². The number of hydrogen-bond acceptors (Lipinski definition) is 0. The van der Waals surface area contributed by atoms with Crippen molar-refractivity contribution < 1.29 is 0 Å². The monoisotopic (exact) mass is 149 g/mol. The smallest absolute Gasteiger partial charge is 0.00273 e. The van der Waals surface area contributed by atoms with E-state index in [2.05, 4.69) is 12.2 Å². The summed E-state index contributed by atoms with van der Waals surface area (Å²) in [4.78, 5) is 0. The van der Waals surface area contributed by atoms with Crippen molar-refractivity contribution in [2.75, 3.05) is 0 Å². The highest BCUT2D eigenvalue weighted by molar-refractivity contribution is 5.12. The van der Waals surface area contributed by atoms with Gasteiger partial charge >= 0.3 is 0 Å². The van der Waals surface area contributed by atoms with Crippen LogP contribution in [0.4, 0.5) is 0 Å². The molecule has 61 valence electrons. The highest BCUT2D eigenvalue weighted by Gasteiger charge is 2.17. The van der Waals surface area contributed by atoms with E-state index in [-0.39, 0.29) is 0 Å². The highest BCUT2D eigenvalue weighted by Crippen LogP contribution is 2.32. The topological polar surface area (TPSA) is 0 Å². The van der Waals surface area contributed by atoms with Gasteiger partial charge in [0.1, 0.15) is 0 Å². The lowest BCUT2D eigenvalue weighted by Crippen LogP contribution is -2.09. The van der Waals surface area contributed by atoms with Crippen LogP contribution < -0.4 is 0 Å². The molecular formula is C11H17. The first-order chi connectivity index (χ1) is 5.45. The van der Waals surface area contributed by atoms with E-state index in [1.807, 2.05) is 0 Å². The van der Waals surface area contributed by atoms with Gasteiger partial charge in [0.25, 0.3) is 0 Å². The Morgan fingerprint density at radius 3 is 2.55 bits per heavy atom. The van der Waals surface area contributed by atoms with Gasteiger partial charge in [0.05, 0.1) is 0 Å². The van der Waals surface area contributed by atoms with E-state index in [0.717, 1.165) is 5.92 Å². The maximum atomic E-state index is 2.40. The van der Waals surface area contributed by atoms with Crippen LogP contribution in [0.15, 0.2) is 12.2 Å². The van der Waals surface area contributed by atoms with Gasteiger partial charge in [-0.3, -0.25) is 0 Å². The van der Waals surface area contributed by atoms with Crippen LogP contribution in [0.5, 0.6) is 0 Å². The Morgan fingerprint density at radius 2 is 1.82 bits per heavy atom. The number of hydrogen-bond donors (Lipinski definition) is 0. The summed E-state index contributed by atoms with van der Waals surface area (Å²) in [5, 5.41) is 0. The van der Waals surface area contributed by atoms with E-state index in [0.29, 0.717) is 0 Å². The third kappa shape index (κ3) is 1.85. The maximum absolute atomic E-state index is 2.40. The van der Waals surface area contributed by atoms with Crippen LogP contribution >= 0.6 is 0 Å². The van der Waals surface area contributed by atoms with Gasteiger partial charge in [-0.25, -0.2) is 0 Å². The summed E-state index contributed by atoms with van der Waals surface area (Å²) in [6.45, 7) is 0. The molecule has 0 atom stereocenters. The summed E-state index contributed by atoms with van der Waals surface area (Å²) in [5.41, 5.74) is 0. The molecule has 1 fully saturated rings. The average Bonchev–Trinajstić information content (AvgIpc) is 1.80. The molecule has 0 amide bonds. The molecule has 0 aromatic heterocycles. The molecule has 0 spiro atoms. The Labute approximate surface area is 69.7 Å². The summed E-state index contributed by atoms with van der Waals surface area (Å²) in [6.07, 6.45) is 14.8. The molecule has 0 N–H and O–H groups in total. The Morgan fingerprint density at radius 1 is 1.09 bits per heavy atom. The van der Waals surface area contributed by atoms with Gasteiger partial charge < -0.3 is 0 Å². The lowest BCUT2D eigenvalue weighted by molar-refractivity contribution is 0.390. The molecule has 1 radical (unpaired) electrons. The first-order valence-electron chi connectivity index (χ1n) is 4.96. The molecule has 0 aliphatic heterocycles. The standard InChI is InChI=1S/C11H17/c1-4-10-6-2-7-11(5-1)9-3-8-10/h1,4,11H,2-3,5-9H2/b4-1-. The quantitative estimate of drug-likeness (QED) is 0.494. The van der Waals surface area contributed by atoms with Crippen molar-refractivity contribution in [3.63, 3.8) is 0 Å². The van der Waals surface area contributed by atoms with Crippen molar-refractivity contribution in [3.05, 3.63) is 18.1 Å². The van der Waals surface area contributed by atoms with Gasteiger partial charge in [0.2, 0.25) is 0 Å². The van der Waals surface area contributed by atoms with Gasteiger partial charge in [-0.05, 0) is 31.1 Å². The zero-order chi connectivity index (χ0) is 7.52. The predicted octanol–water partition coefficient (Wildman–Crippen LogP) is 3.49.